The van der Waals surface area contributed by atoms with Crippen LogP contribution in [0.1, 0.15) is 10.4 Å². The van der Waals surface area contributed by atoms with Gasteiger partial charge in [-0.05, 0) is 36.4 Å². The van der Waals surface area contributed by atoms with Crippen LogP contribution in [0.4, 0.5) is 28.4 Å². The zero-order valence-corrected chi connectivity index (χ0v) is 22.8. The van der Waals surface area contributed by atoms with Crippen LogP contribution in [0.5, 0.6) is 0 Å². The van der Waals surface area contributed by atoms with Crippen LogP contribution in [0.15, 0.2) is 69.3 Å². The molecular formula is C19H19N5O15S3. The van der Waals surface area contributed by atoms with Gasteiger partial charge in [-0.1, -0.05) is 0 Å². The van der Waals surface area contributed by atoms with Crippen LogP contribution in [0.2, 0.25) is 0 Å². The fourth-order valence-corrected chi connectivity index (χ4v) is 4.23. The number of nitrogen functional groups attached to an aromatic ring is 3. The van der Waals surface area contributed by atoms with Gasteiger partial charge in [-0.2, -0.15) is 25.3 Å². The maximum absolute atomic E-state index is 10.7. The summed E-state index contributed by atoms with van der Waals surface area (Å²) in [7, 11) is -13.3. The van der Waals surface area contributed by atoms with Gasteiger partial charge in [0.2, 0.25) is 0 Å². The van der Waals surface area contributed by atoms with Crippen molar-refractivity contribution >= 4 is 64.8 Å². The lowest BCUT2D eigenvalue weighted by Crippen LogP contribution is -2.05. The van der Waals surface area contributed by atoms with Crippen LogP contribution in [0.25, 0.3) is 0 Å². The Hall–Kier alpha value is -4.94. The van der Waals surface area contributed by atoms with Gasteiger partial charge in [0.1, 0.15) is 15.5 Å². The van der Waals surface area contributed by atoms with E-state index in [0.717, 1.165) is 42.5 Å². The molecule has 10 N–H and O–H groups in total. The highest BCUT2D eigenvalue weighted by molar-refractivity contribution is 7.86. The molecule has 42 heavy (non-hydrogen) atoms. The number of rotatable bonds is 6. The maximum atomic E-state index is 10.7. The molecule has 3 aromatic rings. The van der Waals surface area contributed by atoms with Gasteiger partial charge in [0.05, 0.1) is 26.0 Å². The van der Waals surface area contributed by atoms with E-state index >= 15 is 0 Å². The first kappa shape index (κ1) is 35.1. The average Bonchev–Trinajstić information content (AvgIpc) is 2.83. The van der Waals surface area contributed by atoms with Crippen molar-refractivity contribution in [1.29, 1.82) is 0 Å². The summed E-state index contributed by atoms with van der Waals surface area (Å²) in [6.07, 6.45) is 0. The Morgan fingerprint density at radius 1 is 0.643 bits per heavy atom. The Morgan fingerprint density at radius 2 is 1.10 bits per heavy atom. The second kappa shape index (κ2) is 13.1. The second-order valence-electron chi connectivity index (χ2n) is 7.44. The van der Waals surface area contributed by atoms with Crippen LogP contribution in [-0.4, -0.2) is 59.8 Å². The third kappa shape index (κ3) is 9.91. The minimum absolute atomic E-state index is 0.0649. The van der Waals surface area contributed by atoms with Crippen molar-refractivity contribution < 1.29 is 58.7 Å². The first-order valence-electron chi connectivity index (χ1n) is 10.1. The van der Waals surface area contributed by atoms with Crippen LogP contribution in [-0.2, 0) is 30.4 Å². The molecule has 20 nitrogen and oxygen atoms in total. The molecule has 0 spiro atoms. The van der Waals surface area contributed by atoms with E-state index in [-0.39, 0.29) is 22.6 Å². The highest BCUT2D eigenvalue weighted by Gasteiger charge is 2.19. The van der Waals surface area contributed by atoms with Gasteiger partial charge < -0.3 is 22.3 Å². The number of non-ortho nitro benzene ring substituents is 1. The summed E-state index contributed by atoms with van der Waals surface area (Å²) in [6.45, 7) is 0. The number of nitrogens with two attached hydrogens (primary N) is 3. The molecule has 0 bridgehead atoms. The van der Waals surface area contributed by atoms with E-state index in [1.807, 2.05) is 0 Å². The number of hydrogen-bond acceptors (Lipinski definition) is 14. The molecule has 0 radical (unpaired) electrons. The van der Waals surface area contributed by atoms with Crippen LogP contribution in [0, 0.1) is 20.2 Å². The van der Waals surface area contributed by atoms with E-state index in [9.17, 15) is 50.3 Å². The molecular weight excluding hydrogens is 634 g/mol. The van der Waals surface area contributed by atoms with E-state index in [2.05, 4.69) is 0 Å². The Balaban J connectivity index is 0.000000315. The minimum Gasteiger partial charge on any atom is -0.478 e. The summed E-state index contributed by atoms with van der Waals surface area (Å²) in [4.78, 5) is 27.8. The van der Waals surface area contributed by atoms with Gasteiger partial charge in [0.15, 0.2) is 0 Å². The summed E-state index contributed by atoms with van der Waals surface area (Å²) in [5, 5.41) is 29.2. The monoisotopic (exact) mass is 653 g/mol. The number of nitrogens with zero attached hydrogens (tertiary/aromatic N) is 2. The molecule has 228 valence electrons. The number of anilines is 3. The number of nitro benzene ring substituents is 2. The molecule has 0 heterocycles. The zero-order chi connectivity index (χ0) is 32.8. The van der Waals surface area contributed by atoms with Crippen LogP contribution in [0.3, 0.4) is 0 Å². The Kier molecular flexibility index (Phi) is 11.0. The van der Waals surface area contributed by atoms with Crippen molar-refractivity contribution in [2.75, 3.05) is 17.2 Å². The third-order valence-electron chi connectivity index (χ3n) is 4.54. The number of nitro groups is 2. The maximum Gasteiger partial charge on any atom is 0.337 e. The Morgan fingerprint density at radius 3 is 1.50 bits per heavy atom. The fraction of sp³-hybridized carbons (Fsp3) is 0. The summed E-state index contributed by atoms with van der Waals surface area (Å²) in [5.41, 5.74) is 13.9. The normalized spacial score (nSPS) is 11.2. The van der Waals surface area contributed by atoms with Gasteiger partial charge in [0.25, 0.3) is 41.7 Å². The summed E-state index contributed by atoms with van der Waals surface area (Å²) < 4.78 is 89.7. The Labute approximate surface area is 235 Å². The quantitative estimate of drug-likeness (QED) is 0.0845. The molecule has 0 aromatic heterocycles. The van der Waals surface area contributed by atoms with E-state index < -0.39 is 72.2 Å². The zero-order valence-electron chi connectivity index (χ0n) is 20.3. The van der Waals surface area contributed by atoms with Crippen LogP contribution < -0.4 is 17.2 Å². The SMILES string of the molecule is Nc1ccc(S(=O)(=O)O)cc1C(=O)O.Nc1ccc(S(=O)(=O)O)cc1[N+](=O)[O-].Nc1ccc([N+](=O)[O-])cc1S(=O)(=O)O. The predicted molar refractivity (Wildman–Crippen MR) is 142 cm³/mol. The molecule has 3 rings (SSSR count). The third-order valence-corrected chi connectivity index (χ3v) is 7.14. The molecule has 0 atom stereocenters. The lowest BCUT2D eigenvalue weighted by Gasteiger charge is -2.02. The molecule has 0 aliphatic heterocycles. The van der Waals surface area contributed by atoms with Gasteiger partial charge in [-0.3, -0.25) is 33.9 Å². The second-order valence-corrected chi connectivity index (χ2v) is 11.7. The van der Waals surface area contributed by atoms with Crippen molar-refractivity contribution in [2.45, 2.75) is 14.7 Å². The van der Waals surface area contributed by atoms with Crippen molar-refractivity contribution in [3.8, 4) is 0 Å². The number of benzene rings is 3. The first-order valence-corrected chi connectivity index (χ1v) is 14.4. The Bertz CT molecular complexity index is 1780. The molecule has 0 saturated carbocycles. The number of hydrogen-bond donors (Lipinski definition) is 7. The number of carbonyl (C=O) groups is 1. The number of carboxylic acid groups (broad SMARTS) is 1. The lowest BCUT2D eigenvalue weighted by molar-refractivity contribution is -0.385. The highest BCUT2D eigenvalue weighted by atomic mass is 32.2. The van der Waals surface area contributed by atoms with Crippen molar-refractivity contribution in [1.82, 2.24) is 0 Å². The van der Waals surface area contributed by atoms with Gasteiger partial charge in [-0.25, -0.2) is 4.79 Å². The van der Waals surface area contributed by atoms with Crippen molar-refractivity contribution in [3.05, 3.63) is 80.4 Å². The fourth-order valence-electron chi connectivity index (χ4n) is 2.58. The van der Waals surface area contributed by atoms with Gasteiger partial charge in [-0.15, -0.1) is 0 Å². The van der Waals surface area contributed by atoms with Crippen LogP contribution >= 0.6 is 0 Å². The van der Waals surface area contributed by atoms with E-state index in [0.29, 0.717) is 12.1 Å². The smallest absolute Gasteiger partial charge is 0.337 e. The summed E-state index contributed by atoms with van der Waals surface area (Å²) in [6, 6.07) is 8.44. The summed E-state index contributed by atoms with van der Waals surface area (Å²) >= 11 is 0. The summed E-state index contributed by atoms with van der Waals surface area (Å²) in [5.74, 6) is -1.35. The average molecular weight is 654 g/mol. The molecule has 0 aliphatic carbocycles. The minimum atomic E-state index is -4.52. The number of aromatic carboxylic acids is 1. The van der Waals surface area contributed by atoms with Gasteiger partial charge >= 0.3 is 5.97 Å². The van der Waals surface area contributed by atoms with Crippen molar-refractivity contribution in [2.24, 2.45) is 0 Å². The molecule has 0 aliphatic rings. The first-order chi connectivity index (χ1) is 19.0. The highest BCUT2D eigenvalue weighted by Crippen LogP contribution is 2.25. The number of carboxylic acids is 1. The van der Waals surface area contributed by atoms with E-state index in [1.54, 1.807) is 0 Å². The predicted octanol–water partition coefficient (Wildman–Crippen LogP) is 1.06. The topological polar surface area (TPSA) is 365 Å². The molecule has 3 aromatic carbocycles. The molecule has 0 amide bonds. The van der Waals surface area contributed by atoms with Crippen molar-refractivity contribution in [3.63, 3.8) is 0 Å². The molecule has 0 saturated heterocycles. The molecule has 0 unspecified atom stereocenters. The standard InChI is InChI=1S/C7H7NO5S.2C6H6N2O5S/c8-6-2-1-4(14(11,12)13)3-5(6)7(9)10;7-5-2-1-4(14(11,12)13)3-6(5)8(9)10;7-5-2-1-4(8(9)10)3-6(5)14(11,12)13/h1-3H,8H2,(H,9,10)(H,11,12,13);2*1-3H,7H2,(H,11,12,13). The molecule has 0 fully saturated rings. The lowest BCUT2D eigenvalue weighted by atomic mass is 10.2. The van der Waals surface area contributed by atoms with Gasteiger partial charge in [0, 0.05) is 23.9 Å². The largest absolute Gasteiger partial charge is 0.478 e. The van der Waals surface area contributed by atoms with E-state index in [1.165, 1.54) is 0 Å². The van der Waals surface area contributed by atoms with E-state index in [4.69, 9.17) is 36.0 Å². The molecule has 23 heteroatoms.